The fourth-order valence-corrected chi connectivity index (χ4v) is 6.80. The van der Waals surface area contributed by atoms with E-state index < -0.39 is 46.1 Å². The van der Waals surface area contributed by atoms with Crippen molar-refractivity contribution in [1.82, 2.24) is 19.5 Å². The molecule has 3 N–H and O–H groups in total. The molecule has 0 aliphatic rings. The summed E-state index contributed by atoms with van der Waals surface area (Å²) in [6.45, 7) is 6.71. The molecular weight excluding hydrogens is 610 g/mol. The van der Waals surface area contributed by atoms with Crippen LogP contribution in [0.3, 0.4) is 0 Å². The van der Waals surface area contributed by atoms with E-state index in [4.69, 9.17) is 0 Å². The largest absolute Gasteiger partial charge is 0.465 e. The molecule has 0 saturated carbocycles. The van der Waals surface area contributed by atoms with Crippen LogP contribution in [-0.2, 0) is 34.3 Å². The summed E-state index contributed by atoms with van der Waals surface area (Å²) in [5.74, 6) is -1.15. The Hall–Kier alpha value is -4.20. The summed E-state index contributed by atoms with van der Waals surface area (Å²) in [5, 5.41) is 27.4. The molecule has 2 aromatic carbocycles. The van der Waals surface area contributed by atoms with Crippen molar-refractivity contribution in [2.24, 2.45) is 17.0 Å². The van der Waals surface area contributed by atoms with Gasteiger partial charge in [0.15, 0.2) is 0 Å². The molecule has 248 valence electrons. The van der Waals surface area contributed by atoms with Crippen molar-refractivity contribution in [2.75, 3.05) is 13.1 Å². The van der Waals surface area contributed by atoms with Crippen molar-refractivity contribution >= 4 is 22.0 Å². The maximum Gasteiger partial charge on any atom is 0.408 e. The van der Waals surface area contributed by atoms with E-state index in [1.54, 1.807) is 38.2 Å². The fourth-order valence-electron chi connectivity index (χ4n) is 5.18. The number of nitroso groups, excluding NO2 is 1. The van der Waals surface area contributed by atoms with Gasteiger partial charge in [-0.2, -0.15) is 9.21 Å². The number of carboxylic acid groups (broad SMARTS) is 1. The number of rotatable bonds is 17. The van der Waals surface area contributed by atoms with Gasteiger partial charge >= 0.3 is 6.09 Å². The maximum absolute atomic E-state index is 13.9. The topological polar surface area (TPSA) is 170 Å². The Bertz CT molecular complexity index is 1520. The van der Waals surface area contributed by atoms with E-state index in [9.17, 15) is 33.1 Å². The number of aliphatic hydroxyl groups excluding tert-OH is 1. The number of aliphatic hydroxyl groups is 1. The summed E-state index contributed by atoms with van der Waals surface area (Å²) in [6.07, 6.45) is -0.962. The number of pyridine rings is 1. The number of sulfonamides is 1. The monoisotopic (exact) mass is 653 g/mol. The zero-order valence-corrected chi connectivity index (χ0v) is 27.4. The van der Waals surface area contributed by atoms with Crippen LogP contribution >= 0.6 is 0 Å². The van der Waals surface area contributed by atoms with E-state index in [1.807, 2.05) is 44.2 Å². The highest BCUT2D eigenvalue weighted by atomic mass is 32.2. The number of hydrogen-bond acceptors (Lipinski definition) is 8. The van der Waals surface area contributed by atoms with Gasteiger partial charge in [-0.3, -0.25) is 14.7 Å². The number of carbonyl (C=O) groups is 2. The molecule has 0 unspecified atom stereocenters. The number of benzene rings is 2. The Kier molecular flexibility index (Phi) is 13.3. The molecule has 3 rings (SSSR count). The van der Waals surface area contributed by atoms with Crippen molar-refractivity contribution in [3.63, 3.8) is 0 Å². The SMILES string of the molecule is CC(C)CN(C[C@@H](O)[C@H](Cc1ccccc1)NC(=O)[C@H](C(C)C)N(Cc1ccccn1)C(=O)O)S(=O)(=O)c1ccc(CN=O)cc1. The van der Waals surface area contributed by atoms with E-state index in [1.165, 1.54) is 28.6 Å². The van der Waals surface area contributed by atoms with Gasteiger partial charge in [-0.1, -0.05) is 81.4 Å². The lowest BCUT2D eigenvalue weighted by atomic mass is 9.97. The molecule has 0 fully saturated rings. The van der Waals surface area contributed by atoms with E-state index in [-0.39, 0.29) is 43.4 Å². The highest BCUT2D eigenvalue weighted by molar-refractivity contribution is 7.89. The first-order valence-electron chi connectivity index (χ1n) is 15.1. The Morgan fingerprint density at radius 1 is 0.913 bits per heavy atom. The molecule has 2 amide bonds. The molecule has 13 heteroatoms. The second-order valence-corrected chi connectivity index (χ2v) is 13.9. The van der Waals surface area contributed by atoms with Crippen LogP contribution < -0.4 is 5.32 Å². The van der Waals surface area contributed by atoms with Gasteiger partial charge in [-0.25, -0.2) is 13.2 Å². The van der Waals surface area contributed by atoms with Crippen molar-refractivity contribution in [3.05, 3.63) is 101 Å². The summed E-state index contributed by atoms with van der Waals surface area (Å²) in [6, 6.07) is 18.0. The van der Waals surface area contributed by atoms with Gasteiger partial charge in [0.05, 0.1) is 29.3 Å². The zero-order chi connectivity index (χ0) is 33.9. The summed E-state index contributed by atoms with van der Waals surface area (Å²) < 4.78 is 28.7. The Labute approximate surface area is 270 Å². The molecule has 0 aliphatic heterocycles. The number of aromatic nitrogens is 1. The highest BCUT2D eigenvalue weighted by Crippen LogP contribution is 2.21. The average Bonchev–Trinajstić information content (AvgIpc) is 3.01. The normalized spacial score (nSPS) is 13.7. The van der Waals surface area contributed by atoms with Crippen molar-refractivity contribution in [3.8, 4) is 0 Å². The smallest absolute Gasteiger partial charge is 0.408 e. The van der Waals surface area contributed by atoms with Crippen molar-refractivity contribution in [2.45, 2.75) is 70.3 Å². The van der Waals surface area contributed by atoms with Crippen molar-refractivity contribution in [1.29, 1.82) is 0 Å². The summed E-state index contributed by atoms with van der Waals surface area (Å²) in [4.78, 5) is 42.1. The predicted molar refractivity (Wildman–Crippen MR) is 174 cm³/mol. The number of carbonyl (C=O) groups excluding carboxylic acids is 1. The number of nitrogens with one attached hydrogen (secondary N) is 1. The molecule has 3 atom stereocenters. The lowest BCUT2D eigenvalue weighted by Gasteiger charge is -2.34. The molecule has 46 heavy (non-hydrogen) atoms. The van der Waals surface area contributed by atoms with Crippen LogP contribution in [-0.4, -0.2) is 76.1 Å². The molecule has 0 bridgehead atoms. The second-order valence-electron chi connectivity index (χ2n) is 11.9. The highest BCUT2D eigenvalue weighted by Gasteiger charge is 2.36. The third-order valence-corrected chi connectivity index (χ3v) is 9.24. The van der Waals surface area contributed by atoms with Gasteiger partial charge < -0.3 is 15.5 Å². The lowest BCUT2D eigenvalue weighted by molar-refractivity contribution is -0.129. The molecule has 3 aromatic rings. The minimum absolute atomic E-state index is 0.00913. The minimum Gasteiger partial charge on any atom is -0.465 e. The molecule has 0 saturated heterocycles. The van der Waals surface area contributed by atoms with Gasteiger partial charge in [0, 0.05) is 19.3 Å². The lowest BCUT2D eigenvalue weighted by Crippen LogP contribution is -2.57. The van der Waals surface area contributed by atoms with Gasteiger partial charge in [0.2, 0.25) is 15.9 Å². The van der Waals surface area contributed by atoms with E-state index in [0.717, 1.165) is 10.5 Å². The van der Waals surface area contributed by atoms with Gasteiger partial charge in [0.25, 0.3) is 0 Å². The molecule has 12 nitrogen and oxygen atoms in total. The third-order valence-electron chi connectivity index (χ3n) is 7.40. The summed E-state index contributed by atoms with van der Waals surface area (Å²) in [7, 11) is -4.09. The third kappa shape index (κ3) is 10.2. The van der Waals surface area contributed by atoms with Crippen LogP contribution in [0.25, 0.3) is 0 Å². The average molecular weight is 654 g/mol. The predicted octanol–water partition coefficient (Wildman–Crippen LogP) is 4.29. The fraction of sp³-hybridized carbons (Fsp3) is 0.424. The summed E-state index contributed by atoms with van der Waals surface area (Å²) in [5.41, 5.74) is 1.82. The first-order chi connectivity index (χ1) is 21.8. The molecule has 0 spiro atoms. The second kappa shape index (κ2) is 16.9. The van der Waals surface area contributed by atoms with Gasteiger partial charge in [-0.05, 0) is 53.6 Å². The first-order valence-corrected chi connectivity index (χ1v) is 16.6. The number of amides is 2. The van der Waals surface area contributed by atoms with Crippen molar-refractivity contribution < 1.29 is 28.2 Å². The Morgan fingerprint density at radius 2 is 1.57 bits per heavy atom. The molecule has 1 aromatic heterocycles. The quantitative estimate of drug-likeness (QED) is 0.181. The van der Waals surface area contributed by atoms with E-state index in [0.29, 0.717) is 11.3 Å². The minimum atomic E-state index is -4.09. The van der Waals surface area contributed by atoms with Gasteiger partial charge in [0.1, 0.15) is 12.6 Å². The standard InChI is InChI=1S/C33H43N5O7S/c1-23(2)20-37(46(44,45)28-15-13-26(14-16-28)19-35-43)22-30(39)29(18-25-10-6-5-7-11-25)36-32(40)31(24(3)4)38(33(41)42)21-27-12-8-9-17-34-27/h5-17,23-24,29-31,39H,18-22H2,1-4H3,(H,36,40)(H,41,42)/t29-,30+,31-/m0/s1. The number of hydrogen-bond donors (Lipinski definition) is 3. The maximum atomic E-state index is 13.9. The van der Waals surface area contributed by atoms with Crippen LogP contribution in [0.2, 0.25) is 0 Å². The van der Waals surface area contributed by atoms with Crippen LogP contribution in [0, 0.1) is 16.7 Å². The zero-order valence-electron chi connectivity index (χ0n) is 26.6. The van der Waals surface area contributed by atoms with Crippen LogP contribution in [0.4, 0.5) is 4.79 Å². The molecule has 0 aliphatic carbocycles. The van der Waals surface area contributed by atoms with E-state index >= 15 is 0 Å². The number of nitrogens with zero attached hydrogens (tertiary/aromatic N) is 4. The molecule has 0 radical (unpaired) electrons. The molecule has 1 heterocycles. The summed E-state index contributed by atoms with van der Waals surface area (Å²) >= 11 is 0. The Balaban J connectivity index is 1.93. The van der Waals surface area contributed by atoms with Crippen LogP contribution in [0.5, 0.6) is 0 Å². The van der Waals surface area contributed by atoms with E-state index in [2.05, 4.69) is 15.5 Å². The van der Waals surface area contributed by atoms with Crippen LogP contribution in [0.1, 0.15) is 44.5 Å². The molecular formula is C33H43N5O7S. The van der Waals surface area contributed by atoms with Gasteiger partial charge in [-0.15, -0.1) is 0 Å². The Morgan fingerprint density at radius 3 is 2.11 bits per heavy atom. The van der Waals surface area contributed by atoms with Crippen LogP contribution in [0.15, 0.2) is 89.1 Å². The first kappa shape index (κ1) is 36.3.